The lowest BCUT2D eigenvalue weighted by molar-refractivity contribution is 0.669. The number of fused-ring (bicyclic) bond motifs is 6. The van der Waals surface area contributed by atoms with Crippen LogP contribution in [0.1, 0.15) is 22.6 Å². The highest BCUT2D eigenvalue weighted by molar-refractivity contribution is 6.10. The van der Waals surface area contributed by atoms with Crippen molar-refractivity contribution in [1.82, 2.24) is 0 Å². The summed E-state index contributed by atoms with van der Waals surface area (Å²) in [5.74, 6) is 0.0420. The van der Waals surface area contributed by atoms with Crippen LogP contribution in [0.3, 0.4) is 0 Å². The number of hydrogen-bond donors (Lipinski definition) is 0. The lowest BCUT2D eigenvalue weighted by Gasteiger charge is -2.21. The third kappa shape index (κ3) is 6.94. The minimum Gasteiger partial charge on any atom is -0.456 e. The van der Waals surface area contributed by atoms with Crippen molar-refractivity contribution in [2.45, 2.75) is 5.92 Å². The summed E-state index contributed by atoms with van der Waals surface area (Å²) in [5, 5.41) is 7.27. The van der Waals surface area contributed by atoms with Gasteiger partial charge in [0.2, 0.25) is 0 Å². The third-order valence-corrected chi connectivity index (χ3v) is 13.0. The smallest absolute Gasteiger partial charge is 0.135 e. The first-order valence-electron chi connectivity index (χ1n) is 22.1. The van der Waals surface area contributed by atoms with Crippen molar-refractivity contribution in [3.63, 3.8) is 0 Å². The van der Waals surface area contributed by atoms with Crippen molar-refractivity contribution in [3.8, 4) is 55.6 Å². The van der Waals surface area contributed by atoms with E-state index in [4.69, 9.17) is 4.42 Å². The molecule has 1 heteroatoms. The Morgan fingerprint density at radius 3 is 1.14 bits per heavy atom. The van der Waals surface area contributed by atoms with Gasteiger partial charge in [0.15, 0.2) is 0 Å². The van der Waals surface area contributed by atoms with Crippen LogP contribution in [0.4, 0.5) is 0 Å². The fourth-order valence-corrected chi connectivity index (χ4v) is 9.64. The van der Waals surface area contributed by atoms with Crippen molar-refractivity contribution in [3.05, 3.63) is 265 Å². The SMILES string of the molecule is c1ccc(-c2ccc(-c3ccc(C(c4ccc(-c5ccc(-c6ccccc6)cc5)cc4)c4ccc5c(ccc6cc(-c7ccc8oc9ccccc9c8c7)ccc65)c4)cc3)cc2)cc1. The van der Waals surface area contributed by atoms with Gasteiger partial charge in [0.25, 0.3) is 0 Å². The molecule has 0 aliphatic rings. The summed E-state index contributed by atoms with van der Waals surface area (Å²) in [6.45, 7) is 0. The van der Waals surface area contributed by atoms with Crippen LogP contribution < -0.4 is 0 Å². The lowest BCUT2D eigenvalue weighted by atomic mass is 9.83. The molecule has 0 atom stereocenters. The van der Waals surface area contributed by atoms with Gasteiger partial charge < -0.3 is 4.42 Å². The largest absolute Gasteiger partial charge is 0.456 e. The number of rotatable bonds is 8. The van der Waals surface area contributed by atoms with E-state index in [9.17, 15) is 0 Å². The first-order valence-corrected chi connectivity index (χ1v) is 22.1. The van der Waals surface area contributed by atoms with E-state index in [0.717, 1.165) is 21.9 Å². The average Bonchev–Trinajstić information content (AvgIpc) is 3.75. The first kappa shape index (κ1) is 37.5. The molecular formula is C63H42O. The number of furan rings is 1. The first-order chi connectivity index (χ1) is 31.7. The van der Waals surface area contributed by atoms with Gasteiger partial charge >= 0.3 is 0 Å². The zero-order valence-corrected chi connectivity index (χ0v) is 35.2. The maximum Gasteiger partial charge on any atom is 0.135 e. The highest BCUT2D eigenvalue weighted by Gasteiger charge is 2.19. The molecule has 1 nitrogen and oxygen atoms in total. The van der Waals surface area contributed by atoms with E-state index in [-0.39, 0.29) is 5.92 Å². The molecule has 12 aromatic rings. The number of hydrogen-bond acceptors (Lipinski definition) is 1. The molecule has 64 heavy (non-hydrogen) atoms. The van der Waals surface area contributed by atoms with Gasteiger partial charge in [-0.1, -0.05) is 224 Å². The molecular weight excluding hydrogens is 773 g/mol. The number of para-hydroxylation sites is 1. The van der Waals surface area contributed by atoms with Gasteiger partial charge in [-0.2, -0.15) is 0 Å². The molecule has 0 fully saturated rings. The molecule has 12 rings (SSSR count). The van der Waals surface area contributed by atoms with Crippen LogP contribution in [0.5, 0.6) is 0 Å². The molecule has 0 aliphatic carbocycles. The van der Waals surface area contributed by atoms with Gasteiger partial charge in [-0.15, -0.1) is 0 Å². The summed E-state index contributed by atoms with van der Waals surface area (Å²) < 4.78 is 6.12. The molecule has 0 saturated carbocycles. The Morgan fingerprint density at radius 1 is 0.219 bits per heavy atom. The highest BCUT2D eigenvalue weighted by atomic mass is 16.3. The maximum atomic E-state index is 6.12. The van der Waals surface area contributed by atoms with E-state index in [0.29, 0.717) is 0 Å². The summed E-state index contributed by atoms with van der Waals surface area (Å²) in [6.07, 6.45) is 0. The number of benzene rings is 11. The van der Waals surface area contributed by atoms with E-state index in [1.165, 1.54) is 93.9 Å². The molecule has 0 amide bonds. The van der Waals surface area contributed by atoms with Crippen LogP contribution in [0, 0.1) is 0 Å². The summed E-state index contributed by atoms with van der Waals surface area (Å²) in [5.41, 5.74) is 17.8. The van der Waals surface area contributed by atoms with Crippen LogP contribution in [0.2, 0.25) is 0 Å². The maximum absolute atomic E-state index is 6.12. The fraction of sp³-hybridized carbons (Fsp3) is 0.0159. The third-order valence-electron chi connectivity index (χ3n) is 13.0. The van der Waals surface area contributed by atoms with Crippen LogP contribution >= 0.6 is 0 Å². The second-order valence-electron chi connectivity index (χ2n) is 16.9. The quantitative estimate of drug-likeness (QED) is 0.110. The van der Waals surface area contributed by atoms with E-state index in [2.05, 4.69) is 237 Å². The second-order valence-corrected chi connectivity index (χ2v) is 16.9. The van der Waals surface area contributed by atoms with E-state index in [1.807, 2.05) is 12.1 Å². The van der Waals surface area contributed by atoms with Gasteiger partial charge in [-0.3, -0.25) is 0 Å². The van der Waals surface area contributed by atoms with Crippen LogP contribution in [0.25, 0.3) is 99.1 Å². The molecule has 300 valence electrons. The van der Waals surface area contributed by atoms with Gasteiger partial charge in [-0.25, -0.2) is 0 Å². The Hall–Kier alpha value is -8.26. The summed E-state index contributed by atoms with van der Waals surface area (Å²) in [6, 6.07) is 90.6. The Morgan fingerprint density at radius 2 is 0.594 bits per heavy atom. The summed E-state index contributed by atoms with van der Waals surface area (Å²) in [4.78, 5) is 0. The Balaban J connectivity index is 0.893. The predicted molar refractivity (Wildman–Crippen MR) is 270 cm³/mol. The highest BCUT2D eigenvalue weighted by Crippen LogP contribution is 2.39. The van der Waals surface area contributed by atoms with Gasteiger partial charge in [-0.05, 0) is 118 Å². The Bertz CT molecular complexity index is 3470. The zero-order chi connectivity index (χ0) is 42.4. The predicted octanol–water partition coefficient (Wildman–Crippen LogP) is 17.4. The molecule has 0 unspecified atom stereocenters. The van der Waals surface area contributed by atoms with Crippen LogP contribution in [0.15, 0.2) is 253 Å². The van der Waals surface area contributed by atoms with Gasteiger partial charge in [0, 0.05) is 16.7 Å². The summed E-state index contributed by atoms with van der Waals surface area (Å²) in [7, 11) is 0. The van der Waals surface area contributed by atoms with Crippen molar-refractivity contribution in [2.75, 3.05) is 0 Å². The molecule has 11 aromatic carbocycles. The molecule has 0 N–H and O–H groups in total. The lowest BCUT2D eigenvalue weighted by Crippen LogP contribution is -2.04. The van der Waals surface area contributed by atoms with E-state index >= 15 is 0 Å². The van der Waals surface area contributed by atoms with Crippen LogP contribution in [-0.4, -0.2) is 0 Å². The Kier molecular flexibility index (Phi) is 9.31. The summed E-state index contributed by atoms with van der Waals surface area (Å²) >= 11 is 0. The van der Waals surface area contributed by atoms with Crippen molar-refractivity contribution in [1.29, 1.82) is 0 Å². The molecule has 0 spiro atoms. The van der Waals surface area contributed by atoms with E-state index in [1.54, 1.807) is 0 Å². The van der Waals surface area contributed by atoms with Gasteiger partial charge in [0.05, 0.1) is 0 Å². The average molecular weight is 815 g/mol. The normalized spacial score (nSPS) is 11.6. The van der Waals surface area contributed by atoms with Crippen molar-refractivity contribution in [2.24, 2.45) is 0 Å². The van der Waals surface area contributed by atoms with Crippen LogP contribution in [-0.2, 0) is 0 Å². The second kappa shape index (κ2) is 15.9. The fourth-order valence-electron chi connectivity index (χ4n) is 9.64. The monoisotopic (exact) mass is 814 g/mol. The molecule has 0 bridgehead atoms. The molecule has 1 heterocycles. The molecule has 0 saturated heterocycles. The molecule has 0 radical (unpaired) electrons. The molecule has 1 aromatic heterocycles. The Labute approximate surface area is 373 Å². The minimum absolute atomic E-state index is 0.0420. The minimum atomic E-state index is 0.0420. The van der Waals surface area contributed by atoms with E-state index < -0.39 is 0 Å². The molecule has 0 aliphatic heterocycles. The zero-order valence-electron chi connectivity index (χ0n) is 35.2. The van der Waals surface area contributed by atoms with Gasteiger partial charge in [0.1, 0.15) is 11.2 Å². The van der Waals surface area contributed by atoms with Crippen molar-refractivity contribution >= 4 is 43.5 Å². The van der Waals surface area contributed by atoms with Crippen molar-refractivity contribution < 1.29 is 4.42 Å². The topological polar surface area (TPSA) is 13.1 Å². The standard InChI is InChI=1S/C63H42O/c1-3-9-42(10-4-1)44-15-19-46(20-16-44)48-23-27-50(28-24-48)63(51-29-25-49(26-30-51)47-21-17-45(18-22-47)43-11-5-2-6-12-43)56-34-37-58-55(40-56)32-31-54-39-52(33-36-57(54)58)53-35-38-62-60(41-53)59-13-7-8-14-61(59)64-62/h1-41,63H.